The molecule has 0 saturated carbocycles. The van der Waals surface area contributed by atoms with Crippen molar-refractivity contribution in [3.05, 3.63) is 29.3 Å². The van der Waals surface area contributed by atoms with Crippen molar-refractivity contribution in [3.8, 4) is 0 Å². The monoisotopic (exact) mass is 336 g/mol. The summed E-state index contributed by atoms with van der Waals surface area (Å²) in [5.74, 6) is -0.945. The van der Waals surface area contributed by atoms with Gasteiger partial charge in [-0.15, -0.1) is 0 Å². The number of hydrogen-bond acceptors (Lipinski definition) is 4. The quantitative estimate of drug-likeness (QED) is 0.918. The van der Waals surface area contributed by atoms with Crippen LogP contribution in [0, 0.1) is 0 Å². The van der Waals surface area contributed by atoms with Gasteiger partial charge in [0.05, 0.1) is 13.0 Å². The van der Waals surface area contributed by atoms with E-state index in [1.807, 2.05) is 0 Å². The summed E-state index contributed by atoms with van der Waals surface area (Å²) in [6.45, 7) is -0.0532. The van der Waals surface area contributed by atoms with Crippen LogP contribution < -0.4 is 5.32 Å². The van der Waals surface area contributed by atoms with Crippen molar-refractivity contribution in [1.29, 1.82) is 0 Å². The fourth-order valence-electron chi connectivity index (χ4n) is 1.93. The Bertz CT molecular complexity index is 580. The minimum atomic E-state index is -4.67. The minimum Gasteiger partial charge on any atom is -0.447 e. The predicted molar refractivity (Wildman–Crippen MR) is 72.6 cm³/mol. The molecule has 2 amide bonds. The van der Waals surface area contributed by atoms with E-state index in [1.165, 1.54) is 24.3 Å². The molecule has 1 aromatic rings. The number of benzene rings is 1. The topological polar surface area (TPSA) is 58.6 Å². The van der Waals surface area contributed by atoms with Crippen LogP contribution in [-0.4, -0.2) is 42.3 Å². The van der Waals surface area contributed by atoms with Gasteiger partial charge in [-0.05, 0) is 18.2 Å². The summed E-state index contributed by atoms with van der Waals surface area (Å²) in [7, 11) is 0. The van der Waals surface area contributed by atoms with Gasteiger partial charge in [0.25, 0.3) is 0 Å². The molecule has 1 aliphatic rings. The molecule has 0 radical (unpaired) electrons. The molecule has 1 atom stereocenters. The molecule has 22 heavy (non-hydrogen) atoms. The average molecular weight is 337 g/mol. The van der Waals surface area contributed by atoms with Gasteiger partial charge in [0, 0.05) is 10.7 Å². The van der Waals surface area contributed by atoms with Gasteiger partial charge in [-0.2, -0.15) is 13.2 Å². The second kappa shape index (κ2) is 6.43. The molecule has 120 valence electrons. The molecular formula is C13H12ClF3N2O3. The molecule has 0 unspecified atom stereocenters. The van der Waals surface area contributed by atoms with E-state index in [9.17, 15) is 22.8 Å². The van der Waals surface area contributed by atoms with Crippen molar-refractivity contribution in [1.82, 2.24) is 4.90 Å². The lowest BCUT2D eigenvalue weighted by molar-refractivity contribution is -0.153. The van der Waals surface area contributed by atoms with E-state index in [4.69, 9.17) is 11.6 Å². The number of ether oxygens (including phenoxy) is 1. The summed E-state index contributed by atoms with van der Waals surface area (Å²) in [5.41, 5.74) is 0.131. The highest BCUT2D eigenvalue weighted by atomic mass is 35.5. The minimum absolute atomic E-state index is 0.0109. The van der Waals surface area contributed by atoms with E-state index in [1.54, 1.807) is 0 Å². The zero-order valence-corrected chi connectivity index (χ0v) is 11.9. The number of carbonyl (C=O) groups excluding carboxylic acids is 2. The maximum Gasteiger partial charge on any atom is 0.416 e. The van der Waals surface area contributed by atoms with Crippen LogP contribution in [-0.2, 0) is 9.53 Å². The second-order valence-corrected chi connectivity index (χ2v) is 5.05. The molecule has 2 rings (SSSR count). The zero-order valence-electron chi connectivity index (χ0n) is 11.2. The summed E-state index contributed by atoms with van der Waals surface area (Å²) in [6, 6.07) is 3.58. The summed E-state index contributed by atoms with van der Waals surface area (Å²) in [5, 5.41) is 2.48. The Hall–Kier alpha value is -1.96. The SMILES string of the molecule is O=C(C[C@H](Nc1cccc(Cl)c1)C(F)(F)F)N1CCOC1=O. The third-order valence-corrected chi connectivity index (χ3v) is 3.24. The number of cyclic esters (lactones) is 1. The third kappa shape index (κ3) is 4.03. The summed E-state index contributed by atoms with van der Waals surface area (Å²) in [4.78, 5) is 23.7. The molecular weight excluding hydrogens is 325 g/mol. The van der Waals surface area contributed by atoms with Gasteiger partial charge in [0.1, 0.15) is 12.6 Å². The van der Waals surface area contributed by atoms with Crippen molar-refractivity contribution < 1.29 is 27.5 Å². The Morgan fingerprint density at radius 3 is 2.73 bits per heavy atom. The number of imide groups is 1. The van der Waals surface area contributed by atoms with E-state index in [0.717, 1.165) is 0 Å². The van der Waals surface area contributed by atoms with E-state index in [-0.39, 0.29) is 23.9 Å². The Labute approximate surface area is 129 Å². The Morgan fingerprint density at radius 1 is 1.45 bits per heavy atom. The molecule has 1 aromatic carbocycles. The van der Waals surface area contributed by atoms with Gasteiger partial charge in [0.15, 0.2) is 0 Å². The van der Waals surface area contributed by atoms with Crippen LogP contribution >= 0.6 is 11.6 Å². The van der Waals surface area contributed by atoms with Gasteiger partial charge in [-0.1, -0.05) is 17.7 Å². The molecule has 5 nitrogen and oxygen atoms in total. The van der Waals surface area contributed by atoms with Crippen LogP contribution in [0.25, 0.3) is 0 Å². The zero-order chi connectivity index (χ0) is 16.3. The molecule has 0 bridgehead atoms. The standard InChI is InChI=1S/C13H12ClF3N2O3/c14-8-2-1-3-9(6-8)18-10(13(15,16)17)7-11(20)19-4-5-22-12(19)21/h1-3,6,10,18H,4-5,7H2/t10-/m0/s1. The smallest absolute Gasteiger partial charge is 0.416 e. The van der Waals surface area contributed by atoms with Crippen LogP contribution in [0.15, 0.2) is 24.3 Å². The normalized spacial score (nSPS) is 16.4. The van der Waals surface area contributed by atoms with Gasteiger partial charge in [-0.3, -0.25) is 4.79 Å². The summed E-state index contributed by atoms with van der Waals surface area (Å²) in [6.07, 6.45) is -6.50. The number of hydrogen-bond donors (Lipinski definition) is 1. The lowest BCUT2D eigenvalue weighted by Crippen LogP contribution is -2.42. The van der Waals surface area contributed by atoms with E-state index < -0.39 is 30.6 Å². The van der Waals surface area contributed by atoms with Crippen molar-refractivity contribution in [2.75, 3.05) is 18.5 Å². The number of amides is 2. The molecule has 0 aliphatic carbocycles. The maximum absolute atomic E-state index is 13.1. The molecule has 1 aliphatic heterocycles. The highest BCUT2D eigenvalue weighted by Gasteiger charge is 2.43. The maximum atomic E-state index is 13.1. The first-order valence-corrected chi connectivity index (χ1v) is 6.71. The molecule has 1 saturated heterocycles. The number of nitrogens with zero attached hydrogens (tertiary/aromatic N) is 1. The van der Waals surface area contributed by atoms with E-state index >= 15 is 0 Å². The van der Waals surface area contributed by atoms with Gasteiger partial charge in [0.2, 0.25) is 5.91 Å². The lowest BCUT2D eigenvalue weighted by atomic mass is 10.1. The van der Waals surface area contributed by atoms with E-state index in [2.05, 4.69) is 10.1 Å². The van der Waals surface area contributed by atoms with Gasteiger partial charge >= 0.3 is 12.3 Å². The highest BCUT2D eigenvalue weighted by Crippen LogP contribution is 2.27. The van der Waals surface area contributed by atoms with Crippen molar-refractivity contribution in [2.45, 2.75) is 18.6 Å². The van der Waals surface area contributed by atoms with Crippen molar-refractivity contribution in [2.24, 2.45) is 0 Å². The van der Waals surface area contributed by atoms with Crippen molar-refractivity contribution >= 4 is 29.3 Å². The molecule has 0 spiro atoms. The number of rotatable bonds is 4. The summed E-state index contributed by atoms with van der Waals surface area (Å²) >= 11 is 5.71. The van der Waals surface area contributed by atoms with Crippen LogP contribution in [0.4, 0.5) is 23.7 Å². The van der Waals surface area contributed by atoms with Crippen LogP contribution in [0.5, 0.6) is 0 Å². The number of alkyl halides is 3. The van der Waals surface area contributed by atoms with Crippen molar-refractivity contribution in [3.63, 3.8) is 0 Å². The van der Waals surface area contributed by atoms with Crippen LogP contribution in [0.2, 0.25) is 5.02 Å². The molecule has 0 aromatic heterocycles. The lowest BCUT2D eigenvalue weighted by Gasteiger charge is -2.23. The van der Waals surface area contributed by atoms with Crippen LogP contribution in [0.3, 0.4) is 0 Å². The Balaban J connectivity index is 2.10. The molecule has 9 heteroatoms. The Morgan fingerprint density at radius 2 is 2.18 bits per heavy atom. The molecule has 1 heterocycles. The predicted octanol–water partition coefficient (Wildman–Crippen LogP) is 3.05. The fourth-order valence-corrected chi connectivity index (χ4v) is 2.12. The highest BCUT2D eigenvalue weighted by molar-refractivity contribution is 6.30. The number of nitrogens with one attached hydrogen (secondary N) is 1. The first kappa shape index (κ1) is 16.4. The average Bonchev–Trinajstić information content (AvgIpc) is 2.83. The first-order chi connectivity index (χ1) is 10.3. The van der Waals surface area contributed by atoms with E-state index in [0.29, 0.717) is 4.90 Å². The third-order valence-electron chi connectivity index (χ3n) is 3.00. The molecule has 1 N–H and O–H groups in total. The molecule has 1 fully saturated rings. The summed E-state index contributed by atoms with van der Waals surface area (Å²) < 4.78 is 43.7. The fraction of sp³-hybridized carbons (Fsp3) is 0.385. The van der Waals surface area contributed by atoms with Gasteiger partial charge in [-0.25, -0.2) is 9.69 Å². The van der Waals surface area contributed by atoms with Gasteiger partial charge < -0.3 is 10.1 Å². The Kier molecular flexibility index (Phi) is 4.80. The first-order valence-electron chi connectivity index (χ1n) is 6.33. The van der Waals surface area contributed by atoms with Crippen LogP contribution in [0.1, 0.15) is 6.42 Å². The number of carbonyl (C=O) groups is 2. The number of anilines is 1. The number of halogens is 4. The second-order valence-electron chi connectivity index (χ2n) is 4.61. The largest absolute Gasteiger partial charge is 0.447 e.